The van der Waals surface area contributed by atoms with Gasteiger partial charge < -0.3 is 10.1 Å². The number of amides is 1. The molecular weight excluding hydrogens is 338 g/mol. The van der Waals surface area contributed by atoms with Gasteiger partial charge in [-0.3, -0.25) is 9.59 Å². The van der Waals surface area contributed by atoms with Crippen LogP contribution in [0.25, 0.3) is 6.08 Å². The summed E-state index contributed by atoms with van der Waals surface area (Å²) in [6, 6.07) is 14.3. The van der Waals surface area contributed by atoms with Crippen LogP contribution in [0.4, 0.5) is 5.69 Å². The van der Waals surface area contributed by atoms with E-state index in [0.717, 1.165) is 11.3 Å². The van der Waals surface area contributed by atoms with Gasteiger partial charge in [0.2, 0.25) is 0 Å². The Labute approximate surface area is 151 Å². The minimum absolute atomic E-state index is 0.0460. The van der Waals surface area contributed by atoms with Crippen LogP contribution in [-0.2, 0) is 9.59 Å². The molecule has 2 aromatic carbocycles. The third-order valence-electron chi connectivity index (χ3n) is 3.41. The van der Waals surface area contributed by atoms with Crippen molar-refractivity contribution in [2.24, 2.45) is 0 Å². The van der Waals surface area contributed by atoms with Crippen LogP contribution in [0.3, 0.4) is 0 Å². The topological polar surface area (TPSA) is 55.4 Å². The Bertz CT molecular complexity index is 823. The Morgan fingerprint density at radius 2 is 1.76 bits per heavy atom. The normalized spacial score (nSPS) is 11.4. The highest BCUT2D eigenvalue weighted by atomic mass is 35.5. The van der Waals surface area contributed by atoms with Crippen molar-refractivity contribution in [2.75, 3.05) is 12.4 Å². The van der Waals surface area contributed by atoms with E-state index < -0.39 is 5.91 Å². The molecule has 5 heteroatoms. The molecule has 0 saturated carbocycles. The Balaban J connectivity index is 2.14. The van der Waals surface area contributed by atoms with Crippen molar-refractivity contribution in [3.05, 3.63) is 76.8 Å². The van der Waals surface area contributed by atoms with Crippen molar-refractivity contribution in [2.45, 2.75) is 6.92 Å². The number of methoxy groups -OCH3 is 1. The second-order valence-corrected chi connectivity index (χ2v) is 5.61. The first kappa shape index (κ1) is 18.5. The lowest BCUT2D eigenvalue weighted by Crippen LogP contribution is -2.19. The van der Waals surface area contributed by atoms with Gasteiger partial charge in [-0.25, -0.2) is 0 Å². The molecule has 2 rings (SSSR count). The van der Waals surface area contributed by atoms with Crippen molar-refractivity contribution in [3.8, 4) is 5.75 Å². The molecule has 128 valence electrons. The number of benzene rings is 2. The van der Waals surface area contributed by atoms with E-state index in [2.05, 4.69) is 5.32 Å². The Morgan fingerprint density at radius 3 is 2.36 bits per heavy atom. The van der Waals surface area contributed by atoms with Gasteiger partial charge in [-0.15, -0.1) is 0 Å². The number of rotatable bonds is 6. The third kappa shape index (κ3) is 5.33. The third-order valence-corrected chi connectivity index (χ3v) is 3.74. The fourth-order valence-electron chi connectivity index (χ4n) is 2.08. The number of anilines is 1. The van der Waals surface area contributed by atoms with Crippen molar-refractivity contribution in [1.82, 2.24) is 0 Å². The first-order valence-corrected chi connectivity index (χ1v) is 7.98. The number of Topliss-reactive ketones (excluding diaryl/α,β-unsaturated/α-hetero) is 1. The smallest absolute Gasteiger partial charge is 0.259 e. The summed E-state index contributed by atoms with van der Waals surface area (Å²) in [5.41, 5.74) is 1.43. The van der Waals surface area contributed by atoms with Crippen LogP contribution in [0, 0.1) is 0 Å². The van der Waals surface area contributed by atoms with Gasteiger partial charge in [-0.1, -0.05) is 48.0 Å². The molecular formula is C20H18ClNO3. The first-order chi connectivity index (χ1) is 12.0. The fourth-order valence-corrected chi connectivity index (χ4v) is 2.26. The van der Waals surface area contributed by atoms with E-state index in [4.69, 9.17) is 16.3 Å². The molecule has 0 aliphatic rings. The molecule has 0 saturated heterocycles. The van der Waals surface area contributed by atoms with Crippen LogP contribution in [0.2, 0.25) is 5.02 Å². The largest absolute Gasteiger partial charge is 0.497 e. The van der Waals surface area contributed by atoms with Crippen molar-refractivity contribution < 1.29 is 14.3 Å². The molecule has 4 nitrogen and oxygen atoms in total. The summed E-state index contributed by atoms with van der Waals surface area (Å²) in [6.07, 6.45) is 4.94. The standard InChI is InChI=1S/C20H18ClNO3/c1-14(23)17(20(24)22-19-9-4-3-8-18(19)21)7-5-6-15-10-12-16(25-2)13-11-15/h3-13H,1-2H3,(H,22,24)/b6-5+,17-7+. The highest BCUT2D eigenvalue weighted by molar-refractivity contribution is 6.34. The molecule has 1 amide bonds. The summed E-state index contributed by atoms with van der Waals surface area (Å²) in [5, 5.41) is 3.05. The maximum atomic E-state index is 12.3. The number of carbonyl (C=O) groups excluding carboxylic acids is 2. The van der Waals surface area contributed by atoms with Crippen LogP contribution < -0.4 is 10.1 Å². The van der Waals surface area contributed by atoms with E-state index in [1.807, 2.05) is 24.3 Å². The molecule has 1 N–H and O–H groups in total. The average Bonchev–Trinajstić information content (AvgIpc) is 2.60. The number of nitrogens with one attached hydrogen (secondary N) is 1. The number of allylic oxidation sites excluding steroid dienone is 2. The molecule has 0 spiro atoms. The molecule has 0 unspecified atom stereocenters. The monoisotopic (exact) mass is 355 g/mol. The number of ether oxygens (including phenoxy) is 1. The van der Waals surface area contributed by atoms with E-state index in [1.165, 1.54) is 13.0 Å². The summed E-state index contributed by atoms with van der Waals surface area (Å²) in [4.78, 5) is 24.1. The highest BCUT2D eigenvalue weighted by Gasteiger charge is 2.14. The lowest BCUT2D eigenvalue weighted by molar-refractivity contribution is -0.118. The fraction of sp³-hybridized carbons (Fsp3) is 0.100. The second kappa shape index (κ2) is 8.85. The quantitative estimate of drug-likeness (QED) is 0.359. The Morgan fingerprint density at radius 1 is 1.08 bits per heavy atom. The van der Waals surface area contributed by atoms with E-state index in [-0.39, 0.29) is 11.4 Å². The maximum absolute atomic E-state index is 12.3. The predicted octanol–water partition coefficient (Wildman–Crippen LogP) is 4.52. The molecule has 0 aliphatic carbocycles. The molecule has 0 radical (unpaired) electrons. The SMILES string of the molecule is COc1ccc(/C=C/C=C(\C(C)=O)C(=O)Nc2ccccc2Cl)cc1. The van der Waals surface area contributed by atoms with E-state index in [9.17, 15) is 9.59 Å². The zero-order valence-electron chi connectivity index (χ0n) is 14.0. The molecule has 0 atom stereocenters. The van der Waals surface area contributed by atoms with Gasteiger partial charge in [0.15, 0.2) is 5.78 Å². The zero-order chi connectivity index (χ0) is 18.2. The highest BCUT2D eigenvalue weighted by Crippen LogP contribution is 2.21. The van der Waals surface area contributed by atoms with Crippen LogP contribution in [-0.4, -0.2) is 18.8 Å². The molecule has 0 aliphatic heterocycles. The van der Waals surface area contributed by atoms with Crippen LogP contribution in [0.1, 0.15) is 12.5 Å². The van der Waals surface area contributed by atoms with Gasteiger partial charge in [-0.2, -0.15) is 0 Å². The molecule has 0 aromatic heterocycles. The molecule has 2 aromatic rings. The lowest BCUT2D eigenvalue weighted by Gasteiger charge is -2.07. The van der Waals surface area contributed by atoms with Gasteiger partial charge in [-0.05, 0) is 42.8 Å². The molecule has 25 heavy (non-hydrogen) atoms. The zero-order valence-corrected chi connectivity index (χ0v) is 14.7. The van der Waals surface area contributed by atoms with Crippen molar-refractivity contribution in [3.63, 3.8) is 0 Å². The Kier molecular flexibility index (Phi) is 6.54. The number of hydrogen-bond donors (Lipinski definition) is 1. The van der Waals surface area contributed by atoms with E-state index >= 15 is 0 Å². The summed E-state index contributed by atoms with van der Waals surface area (Å²) in [6.45, 7) is 1.35. The summed E-state index contributed by atoms with van der Waals surface area (Å²) < 4.78 is 5.10. The summed E-state index contributed by atoms with van der Waals surface area (Å²) in [5.74, 6) is -0.0693. The van der Waals surface area contributed by atoms with Gasteiger partial charge in [0.05, 0.1) is 23.4 Å². The number of ketones is 1. The lowest BCUT2D eigenvalue weighted by atomic mass is 10.1. The first-order valence-electron chi connectivity index (χ1n) is 7.60. The number of carbonyl (C=O) groups is 2. The molecule has 0 heterocycles. The van der Waals surface area contributed by atoms with Crippen molar-refractivity contribution in [1.29, 1.82) is 0 Å². The molecule has 0 bridgehead atoms. The number of para-hydroxylation sites is 1. The molecule has 0 fully saturated rings. The van der Waals surface area contributed by atoms with Crippen LogP contribution >= 0.6 is 11.6 Å². The van der Waals surface area contributed by atoms with Gasteiger partial charge >= 0.3 is 0 Å². The van der Waals surface area contributed by atoms with E-state index in [1.54, 1.807) is 43.5 Å². The summed E-state index contributed by atoms with van der Waals surface area (Å²) >= 11 is 6.02. The predicted molar refractivity (Wildman–Crippen MR) is 101 cm³/mol. The minimum Gasteiger partial charge on any atom is -0.497 e. The van der Waals surface area contributed by atoms with Gasteiger partial charge in [0.1, 0.15) is 5.75 Å². The Hall–Kier alpha value is -2.85. The maximum Gasteiger partial charge on any atom is 0.259 e. The number of hydrogen-bond acceptors (Lipinski definition) is 3. The van der Waals surface area contributed by atoms with E-state index in [0.29, 0.717) is 10.7 Å². The second-order valence-electron chi connectivity index (χ2n) is 5.20. The van der Waals surface area contributed by atoms with Crippen molar-refractivity contribution >= 4 is 35.1 Å². The minimum atomic E-state index is -0.500. The van der Waals surface area contributed by atoms with Crippen LogP contribution in [0.5, 0.6) is 5.75 Å². The van der Waals surface area contributed by atoms with Gasteiger partial charge in [0.25, 0.3) is 5.91 Å². The van der Waals surface area contributed by atoms with Gasteiger partial charge in [0, 0.05) is 0 Å². The number of halogens is 1. The van der Waals surface area contributed by atoms with Crippen LogP contribution in [0.15, 0.2) is 66.3 Å². The average molecular weight is 356 g/mol. The summed E-state index contributed by atoms with van der Waals surface area (Å²) in [7, 11) is 1.60.